The maximum Gasteiger partial charge on any atom is 0.195 e. The van der Waals surface area contributed by atoms with Crippen LogP contribution in [0.4, 0.5) is 0 Å². The molecule has 0 aliphatic heterocycles. The number of nitrogens with zero attached hydrogens (tertiary/aromatic N) is 2. The van der Waals surface area contributed by atoms with E-state index in [9.17, 15) is 0 Å². The number of fused-ring (bicyclic) bond motifs is 1. The van der Waals surface area contributed by atoms with Gasteiger partial charge in [-0.25, -0.2) is 0 Å². The second-order valence-electron chi connectivity index (χ2n) is 4.50. The zero-order valence-corrected chi connectivity index (χ0v) is 11.6. The molecule has 0 radical (unpaired) electrons. The monoisotopic (exact) mass is 269 g/mol. The first-order chi connectivity index (χ1) is 9.29. The van der Waals surface area contributed by atoms with Crippen molar-refractivity contribution < 1.29 is 0 Å². The first kappa shape index (κ1) is 12.1. The Kier molecular flexibility index (Phi) is 3.17. The highest BCUT2D eigenvalue weighted by atomic mass is 32.1. The summed E-state index contributed by atoms with van der Waals surface area (Å²) < 4.78 is 2.73. The van der Waals surface area contributed by atoms with E-state index in [0.717, 1.165) is 18.8 Å². The van der Waals surface area contributed by atoms with E-state index in [0.29, 0.717) is 4.77 Å². The molecule has 0 saturated carbocycles. The summed E-state index contributed by atoms with van der Waals surface area (Å²) in [6, 6.07) is 14.8. The lowest BCUT2D eigenvalue weighted by Gasteiger charge is -2.07. The zero-order valence-electron chi connectivity index (χ0n) is 10.8. The molecule has 3 rings (SSSR count). The molecule has 96 valence electrons. The van der Waals surface area contributed by atoms with Crippen molar-refractivity contribution in [3.05, 3.63) is 58.6 Å². The summed E-state index contributed by atoms with van der Waals surface area (Å²) in [5.41, 5.74) is 1.28. The van der Waals surface area contributed by atoms with Crippen molar-refractivity contribution in [3.8, 4) is 0 Å². The summed E-state index contributed by atoms with van der Waals surface area (Å²) in [7, 11) is 0. The molecule has 19 heavy (non-hydrogen) atoms. The molecule has 0 atom stereocenters. The Labute approximate surface area is 116 Å². The molecule has 1 aromatic heterocycles. The van der Waals surface area contributed by atoms with Gasteiger partial charge in [0.1, 0.15) is 5.82 Å². The fourth-order valence-electron chi connectivity index (χ4n) is 2.43. The minimum absolute atomic E-state index is 0.692. The van der Waals surface area contributed by atoms with Gasteiger partial charge in [-0.1, -0.05) is 42.5 Å². The molecular weight excluding hydrogens is 254 g/mol. The predicted molar refractivity (Wildman–Crippen MR) is 79.8 cm³/mol. The minimum Gasteiger partial charge on any atom is -0.304 e. The second-order valence-corrected chi connectivity index (χ2v) is 4.89. The number of hydrogen-bond acceptors (Lipinski definition) is 2. The third kappa shape index (κ3) is 2.19. The number of rotatable bonds is 3. The van der Waals surface area contributed by atoms with Gasteiger partial charge in [0.2, 0.25) is 0 Å². The molecule has 0 unspecified atom stereocenters. The summed E-state index contributed by atoms with van der Waals surface area (Å²) in [6.45, 7) is 2.92. The highest BCUT2D eigenvalue weighted by molar-refractivity contribution is 7.71. The molecule has 0 bridgehead atoms. The highest BCUT2D eigenvalue weighted by Gasteiger charge is 2.07. The van der Waals surface area contributed by atoms with Gasteiger partial charge in [-0.15, -0.1) is 0 Å². The summed E-state index contributed by atoms with van der Waals surface area (Å²) in [4.78, 5) is 0. The van der Waals surface area contributed by atoms with Crippen LogP contribution in [0.25, 0.3) is 10.8 Å². The van der Waals surface area contributed by atoms with E-state index in [4.69, 9.17) is 12.2 Å². The number of hydrogen-bond donors (Lipinski definition) is 1. The van der Waals surface area contributed by atoms with Gasteiger partial charge in [-0.05, 0) is 35.5 Å². The summed E-state index contributed by atoms with van der Waals surface area (Å²) in [6.07, 6.45) is 0.794. The molecule has 0 aliphatic carbocycles. The van der Waals surface area contributed by atoms with Crippen LogP contribution in [-0.2, 0) is 13.0 Å². The van der Waals surface area contributed by atoms with Gasteiger partial charge in [0.05, 0.1) is 0 Å². The molecule has 3 nitrogen and oxygen atoms in total. The van der Waals surface area contributed by atoms with Crippen molar-refractivity contribution >= 4 is 23.0 Å². The second kappa shape index (κ2) is 4.97. The highest BCUT2D eigenvalue weighted by Crippen LogP contribution is 2.20. The van der Waals surface area contributed by atoms with Crippen molar-refractivity contribution in [2.45, 2.75) is 19.9 Å². The molecular formula is C15H15N3S. The SMILES string of the molecule is CCn1c(Cc2cccc3ccccc23)n[nH]c1=S. The van der Waals surface area contributed by atoms with E-state index in [1.54, 1.807) is 0 Å². The van der Waals surface area contributed by atoms with Gasteiger partial charge in [-0.2, -0.15) is 5.10 Å². The van der Waals surface area contributed by atoms with Crippen LogP contribution >= 0.6 is 12.2 Å². The van der Waals surface area contributed by atoms with E-state index in [1.165, 1.54) is 16.3 Å². The van der Waals surface area contributed by atoms with Crippen LogP contribution in [0.2, 0.25) is 0 Å². The minimum atomic E-state index is 0.692. The zero-order chi connectivity index (χ0) is 13.2. The van der Waals surface area contributed by atoms with Gasteiger partial charge < -0.3 is 4.57 Å². The summed E-state index contributed by atoms with van der Waals surface area (Å²) in [5.74, 6) is 0.990. The maximum atomic E-state index is 5.23. The average Bonchev–Trinajstić information content (AvgIpc) is 2.79. The first-order valence-corrected chi connectivity index (χ1v) is 6.81. The molecule has 0 aliphatic rings. The fraction of sp³-hybridized carbons (Fsp3) is 0.200. The maximum absolute atomic E-state index is 5.23. The average molecular weight is 269 g/mol. The van der Waals surface area contributed by atoms with Gasteiger partial charge in [0, 0.05) is 13.0 Å². The normalized spacial score (nSPS) is 11.0. The van der Waals surface area contributed by atoms with Gasteiger partial charge in [-0.3, -0.25) is 5.10 Å². The van der Waals surface area contributed by atoms with Gasteiger partial charge in [0.25, 0.3) is 0 Å². The molecule has 3 aromatic rings. The first-order valence-electron chi connectivity index (χ1n) is 6.40. The third-order valence-electron chi connectivity index (χ3n) is 3.38. The van der Waals surface area contributed by atoms with Crippen molar-refractivity contribution in [2.24, 2.45) is 0 Å². The van der Waals surface area contributed by atoms with E-state index in [-0.39, 0.29) is 0 Å². The Morgan fingerprint density at radius 3 is 2.79 bits per heavy atom. The quantitative estimate of drug-likeness (QED) is 0.735. The van der Waals surface area contributed by atoms with E-state index < -0.39 is 0 Å². The molecule has 4 heteroatoms. The van der Waals surface area contributed by atoms with Crippen molar-refractivity contribution in [3.63, 3.8) is 0 Å². The Hall–Kier alpha value is -1.94. The van der Waals surface area contributed by atoms with Crippen molar-refractivity contribution in [1.82, 2.24) is 14.8 Å². The molecule has 2 aromatic carbocycles. The lowest BCUT2D eigenvalue weighted by molar-refractivity contribution is 0.704. The topological polar surface area (TPSA) is 33.6 Å². The van der Waals surface area contributed by atoms with Crippen molar-refractivity contribution in [2.75, 3.05) is 0 Å². The van der Waals surface area contributed by atoms with Crippen LogP contribution in [0.15, 0.2) is 42.5 Å². The Balaban J connectivity index is 2.08. The summed E-state index contributed by atoms with van der Waals surface area (Å²) >= 11 is 5.23. The number of aromatic amines is 1. The Morgan fingerprint density at radius 1 is 1.16 bits per heavy atom. The summed E-state index contributed by atoms with van der Waals surface area (Å²) in [5, 5.41) is 9.75. The lowest BCUT2D eigenvalue weighted by atomic mass is 10.0. The molecule has 0 saturated heterocycles. The van der Waals surface area contributed by atoms with Crippen LogP contribution in [0.1, 0.15) is 18.3 Å². The number of aromatic nitrogens is 3. The Morgan fingerprint density at radius 2 is 1.95 bits per heavy atom. The number of benzene rings is 2. The molecule has 1 heterocycles. The predicted octanol–water partition coefficient (Wildman–Crippen LogP) is 3.70. The fourth-order valence-corrected chi connectivity index (χ4v) is 2.71. The molecule has 0 fully saturated rings. The van der Waals surface area contributed by atoms with Crippen LogP contribution < -0.4 is 0 Å². The largest absolute Gasteiger partial charge is 0.304 e. The molecule has 0 spiro atoms. The van der Waals surface area contributed by atoms with E-state index in [2.05, 4.69) is 59.6 Å². The van der Waals surface area contributed by atoms with E-state index in [1.807, 2.05) is 4.57 Å². The molecule has 1 N–H and O–H groups in total. The number of nitrogens with one attached hydrogen (secondary N) is 1. The lowest BCUT2D eigenvalue weighted by Crippen LogP contribution is -2.03. The van der Waals surface area contributed by atoms with E-state index >= 15 is 0 Å². The van der Waals surface area contributed by atoms with Crippen LogP contribution in [0.5, 0.6) is 0 Å². The smallest absolute Gasteiger partial charge is 0.195 e. The van der Waals surface area contributed by atoms with Gasteiger partial charge in [0.15, 0.2) is 4.77 Å². The van der Waals surface area contributed by atoms with Crippen LogP contribution in [0.3, 0.4) is 0 Å². The van der Waals surface area contributed by atoms with Crippen molar-refractivity contribution in [1.29, 1.82) is 0 Å². The van der Waals surface area contributed by atoms with Crippen LogP contribution in [-0.4, -0.2) is 14.8 Å². The third-order valence-corrected chi connectivity index (χ3v) is 3.69. The molecule has 0 amide bonds. The standard InChI is InChI=1S/C15H15N3S/c1-2-18-14(16-17-15(18)19)10-12-8-5-7-11-6-3-4-9-13(11)12/h3-9H,2,10H2,1H3,(H,17,19). The number of H-pyrrole nitrogens is 1. The van der Waals surface area contributed by atoms with Crippen LogP contribution in [0, 0.1) is 4.77 Å². The van der Waals surface area contributed by atoms with Gasteiger partial charge >= 0.3 is 0 Å². The Bertz CT molecular complexity index is 765.